The first-order valence-electron chi connectivity index (χ1n) is 18.7. The van der Waals surface area contributed by atoms with Gasteiger partial charge in [0.15, 0.2) is 16.9 Å². The number of nitrogen functional groups attached to an aromatic ring is 1. The van der Waals surface area contributed by atoms with Crippen LogP contribution in [0.4, 0.5) is 11.6 Å². The Hall–Kier alpha value is -6.82. The molecule has 3 aromatic rings. The van der Waals surface area contributed by atoms with Crippen molar-refractivity contribution in [3.05, 3.63) is 52.1 Å². The van der Waals surface area contributed by atoms with Crippen LogP contribution in [0.25, 0.3) is 11.2 Å². The highest BCUT2D eigenvalue weighted by Gasteiger charge is 2.39. The van der Waals surface area contributed by atoms with E-state index in [9.17, 15) is 63.3 Å². The van der Waals surface area contributed by atoms with Crippen LogP contribution in [-0.2, 0) is 44.9 Å². The highest BCUT2D eigenvalue weighted by atomic mass is 32.2. The molecule has 61 heavy (non-hydrogen) atoms. The van der Waals surface area contributed by atoms with Gasteiger partial charge in [0.25, 0.3) is 11.5 Å². The number of imide groups is 1. The number of H-pyrrole nitrogens is 1. The Morgan fingerprint density at radius 3 is 2.25 bits per heavy atom. The first-order valence-corrected chi connectivity index (χ1v) is 19.8. The van der Waals surface area contributed by atoms with Crippen LogP contribution in [-0.4, -0.2) is 129 Å². The van der Waals surface area contributed by atoms with Crippen LogP contribution in [0.15, 0.2) is 35.3 Å². The summed E-state index contributed by atoms with van der Waals surface area (Å²) < 4.78 is 0. The molecule has 11 N–H and O–H groups in total. The number of rotatable bonds is 24. The first kappa shape index (κ1) is 46.9. The molecule has 2 aromatic heterocycles. The fourth-order valence-corrected chi connectivity index (χ4v) is 7.40. The van der Waals surface area contributed by atoms with Crippen molar-refractivity contribution in [2.24, 2.45) is 17.6 Å². The highest BCUT2D eigenvalue weighted by Crippen LogP contribution is 2.28. The second-order valence-corrected chi connectivity index (χ2v) is 15.1. The maximum Gasteiger partial charge on any atom is 0.326 e. The number of aromatic amines is 1. The summed E-state index contributed by atoms with van der Waals surface area (Å²) in [5, 5.41) is 35.8. The summed E-state index contributed by atoms with van der Waals surface area (Å²) in [5.41, 5.74) is 11.7. The normalized spacial score (nSPS) is 15.7. The molecule has 326 valence electrons. The summed E-state index contributed by atoms with van der Waals surface area (Å²) in [7, 11) is 0. The van der Waals surface area contributed by atoms with Crippen LogP contribution in [0.3, 0.4) is 0 Å². The Morgan fingerprint density at radius 1 is 0.934 bits per heavy atom. The van der Waals surface area contributed by atoms with Gasteiger partial charge in [0.05, 0.1) is 48.0 Å². The van der Waals surface area contributed by atoms with Gasteiger partial charge in [0, 0.05) is 55.8 Å². The number of ketones is 2. The molecule has 1 fully saturated rings. The topological polar surface area (TPSA) is 377 Å². The van der Waals surface area contributed by atoms with Gasteiger partial charge >= 0.3 is 17.9 Å². The molecular weight excluding hydrogens is 825 g/mol. The molecule has 0 aliphatic carbocycles. The summed E-state index contributed by atoms with van der Waals surface area (Å²) in [6, 6.07) is 2.85. The molecule has 1 aliphatic heterocycles. The number of thioether (sulfide) groups is 1. The minimum Gasteiger partial charge on any atom is -0.481 e. The zero-order valence-corrected chi connectivity index (χ0v) is 33.4. The van der Waals surface area contributed by atoms with Crippen LogP contribution < -0.4 is 33.0 Å². The number of likely N-dealkylation sites (tertiary alicyclic amines) is 1. The molecule has 0 saturated carbocycles. The number of Topliss-reactive ketones (excluding diaryl/α,β-unsaturated/α-hetero) is 2. The van der Waals surface area contributed by atoms with E-state index in [-0.39, 0.29) is 47.9 Å². The minimum atomic E-state index is -1.56. The quantitative estimate of drug-likeness (QED) is 0.0483. The van der Waals surface area contributed by atoms with E-state index in [0.717, 1.165) is 16.7 Å². The summed E-state index contributed by atoms with van der Waals surface area (Å²) in [6.45, 7) is 1.41. The Bertz CT molecular complexity index is 2250. The molecule has 1 aromatic carbocycles. The van der Waals surface area contributed by atoms with Crippen molar-refractivity contribution < 1.29 is 58.5 Å². The van der Waals surface area contributed by atoms with Gasteiger partial charge in [-0.25, -0.2) is 14.8 Å². The maximum atomic E-state index is 13.2. The number of carboxylic acids is 3. The standard InChI is InChI=1S/C37H44N10O13S/c1-2-47-27(50)12-26(34(47)56)61-16-19(35(57)58)10-25(49)24(13-38)44-32(54)18(11-28(51)52)9-22(48)7-8-23(36(59)60)43-31(53)17-3-5-20(6-4-17)40-14-21-15-41-30-29(42-21)33(55)46-37(39)45-30/h3-6,15,18-19,23-24,26,40H,2,7-14,16,38H2,1H3,(H,43,53)(H,44,54)(H,51,52)(H,57,58)(H,59,60)(H3,39,41,45,46,55)/t18-,19-,23-,24-,26?/m0/s1. The number of aromatic nitrogens is 4. The van der Waals surface area contributed by atoms with Gasteiger partial charge in [-0.3, -0.25) is 53.0 Å². The fourth-order valence-electron chi connectivity index (χ4n) is 6.15. The lowest BCUT2D eigenvalue weighted by molar-refractivity contribution is -0.144. The predicted molar refractivity (Wildman–Crippen MR) is 215 cm³/mol. The summed E-state index contributed by atoms with van der Waals surface area (Å²) in [4.78, 5) is 140. The number of anilines is 2. The summed E-state index contributed by atoms with van der Waals surface area (Å²) in [5.74, 6) is -11.7. The SMILES string of the molecule is CCN1C(=O)CC(SC[C@H](CC(=O)[C@H](CN)NC(=O)[C@H](CC(=O)O)CC(=O)CC[C@H](NC(=O)c2ccc(NCc3cnc4nc(N)[nH]c(=O)c4n3)cc2)C(=O)O)C(=O)O)C1=O. The smallest absolute Gasteiger partial charge is 0.326 e. The number of carboxylic acid groups (broad SMARTS) is 3. The van der Waals surface area contributed by atoms with Crippen molar-refractivity contribution >= 4 is 87.7 Å². The van der Waals surface area contributed by atoms with Gasteiger partial charge in [0.1, 0.15) is 11.8 Å². The average Bonchev–Trinajstić information content (AvgIpc) is 3.49. The number of benzene rings is 1. The second kappa shape index (κ2) is 21.4. The van der Waals surface area contributed by atoms with Crippen molar-refractivity contribution in [1.82, 2.24) is 35.5 Å². The van der Waals surface area contributed by atoms with Crippen molar-refractivity contribution in [3.8, 4) is 0 Å². The van der Waals surface area contributed by atoms with E-state index in [2.05, 4.69) is 35.9 Å². The molecule has 1 saturated heterocycles. The molecule has 0 bridgehead atoms. The third-order valence-electron chi connectivity index (χ3n) is 9.44. The summed E-state index contributed by atoms with van der Waals surface area (Å²) >= 11 is 0.914. The van der Waals surface area contributed by atoms with Crippen molar-refractivity contribution in [1.29, 1.82) is 0 Å². The third kappa shape index (κ3) is 13.1. The predicted octanol–water partition coefficient (Wildman–Crippen LogP) is -1.10. The molecule has 5 atom stereocenters. The molecule has 0 radical (unpaired) electrons. The highest BCUT2D eigenvalue weighted by molar-refractivity contribution is 8.00. The Morgan fingerprint density at radius 2 is 1.64 bits per heavy atom. The number of carbonyl (C=O) groups is 9. The van der Waals surface area contributed by atoms with Crippen LogP contribution in [0.1, 0.15) is 61.5 Å². The van der Waals surface area contributed by atoms with E-state index < -0.39 is 126 Å². The number of hydrogen-bond donors (Lipinski definition) is 9. The van der Waals surface area contributed by atoms with E-state index in [1.165, 1.54) is 30.5 Å². The van der Waals surface area contributed by atoms with E-state index in [1.54, 1.807) is 6.92 Å². The minimum absolute atomic E-state index is 0.00727. The number of hydrogen-bond acceptors (Lipinski definition) is 17. The van der Waals surface area contributed by atoms with Crippen molar-refractivity contribution in [2.45, 2.75) is 69.3 Å². The zero-order valence-electron chi connectivity index (χ0n) is 32.6. The van der Waals surface area contributed by atoms with Crippen LogP contribution in [0.2, 0.25) is 0 Å². The Balaban J connectivity index is 1.28. The van der Waals surface area contributed by atoms with Crippen LogP contribution in [0.5, 0.6) is 0 Å². The van der Waals surface area contributed by atoms with E-state index in [4.69, 9.17) is 11.5 Å². The fraction of sp³-hybridized carbons (Fsp3) is 0.432. The number of aliphatic carboxylic acids is 3. The van der Waals surface area contributed by atoms with Crippen LogP contribution >= 0.6 is 11.8 Å². The van der Waals surface area contributed by atoms with E-state index >= 15 is 0 Å². The molecule has 0 spiro atoms. The maximum absolute atomic E-state index is 13.2. The van der Waals surface area contributed by atoms with Crippen molar-refractivity contribution in [2.75, 3.05) is 29.9 Å². The van der Waals surface area contributed by atoms with E-state index in [0.29, 0.717) is 11.4 Å². The lowest BCUT2D eigenvalue weighted by Gasteiger charge is -2.22. The molecule has 1 aliphatic rings. The molecule has 4 amide bonds. The largest absolute Gasteiger partial charge is 0.481 e. The van der Waals surface area contributed by atoms with Gasteiger partial charge in [-0.1, -0.05) is 0 Å². The zero-order chi connectivity index (χ0) is 45.0. The molecule has 24 heteroatoms. The van der Waals surface area contributed by atoms with Gasteiger partial charge in [0.2, 0.25) is 23.7 Å². The number of nitrogens with two attached hydrogens (primary N) is 2. The number of amides is 4. The first-order chi connectivity index (χ1) is 28.9. The molecule has 3 heterocycles. The average molecular weight is 869 g/mol. The summed E-state index contributed by atoms with van der Waals surface area (Å²) in [6.07, 6.45) is -1.78. The Kier molecular flexibility index (Phi) is 16.5. The number of nitrogens with one attached hydrogen (secondary N) is 4. The number of fused-ring (bicyclic) bond motifs is 1. The lowest BCUT2D eigenvalue weighted by atomic mass is 9.93. The lowest BCUT2D eigenvalue weighted by Crippen LogP contribution is -2.49. The number of carbonyl (C=O) groups excluding carboxylic acids is 6. The monoisotopic (exact) mass is 868 g/mol. The number of nitrogens with zero attached hydrogens (tertiary/aromatic N) is 4. The van der Waals surface area contributed by atoms with Gasteiger partial charge in [-0.2, -0.15) is 4.98 Å². The van der Waals surface area contributed by atoms with Gasteiger partial charge in [-0.05, 0) is 37.6 Å². The van der Waals surface area contributed by atoms with Gasteiger partial charge < -0.3 is 42.7 Å². The van der Waals surface area contributed by atoms with Crippen molar-refractivity contribution in [3.63, 3.8) is 0 Å². The van der Waals surface area contributed by atoms with E-state index in [1.807, 2.05) is 0 Å². The molecule has 1 unspecified atom stereocenters. The molecule has 23 nitrogen and oxygen atoms in total. The third-order valence-corrected chi connectivity index (χ3v) is 10.8. The van der Waals surface area contributed by atoms with Gasteiger partial charge in [-0.15, -0.1) is 11.8 Å². The second-order valence-electron chi connectivity index (χ2n) is 13.9. The Labute approximate surface area is 349 Å². The molecular formula is C37H44N10O13S. The van der Waals surface area contributed by atoms with Crippen LogP contribution in [0, 0.1) is 11.8 Å². The molecule has 4 rings (SSSR count).